The molecule has 0 aliphatic rings. The Morgan fingerprint density at radius 1 is 0.864 bits per heavy atom. The van der Waals surface area contributed by atoms with Crippen molar-refractivity contribution in [1.82, 2.24) is 15.0 Å². The van der Waals surface area contributed by atoms with Gasteiger partial charge in [0, 0.05) is 24.2 Å². The van der Waals surface area contributed by atoms with Crippen LogP contribution in [0.25, 0.3) is 22.2 Å². The Bertz CT molecular complexity index is 908. The van der Waals surface area contributed by atoms with Gasteiger partial charge >= 0.3 is 11.9 Å². The monoisotopic (exact) mass is 295 g/mol. The number of fused-ring (bicyclic) bond motifs is 1. The summed E-state index contributed by atoms with van der Waals surface area (Å²) in [6.45, 7) is 0. The number of aromatic nitrogens is 3. The largest absolute Gasteiger partial charge is 0.478 e. The molecule has 0 atom stereocenters. The van der Waals surface area contributed by atoms with E-state index in [0.717, 1.165) is 6.20 Å². The number of benzene rings is 1. The molecule has 7 nitrogen and oxygen atoms in total. The molecule has 0 aliphatic heterocycles. The number of nitrogens with zero attached hydrogens (tertiary/aromatic N) is 3. The molecule has 22 heavy (non-hydrogen) atoms. The van der Waals surface area contributed by atoms with E-state index in [-0.39, 0.29) is 16.8 Å². The zero-order valence-electron chi connectivity index (χ0n) is 11.1. The lowest BCUT2D eigenvalue weighted by molar-refractivity contribution is 0.0676. The first-order valence-corrected chi connectivity index (χ1v) is 6.24. The Hall–Kier alpha value is -3.35. The maximum absolute atomic E-state index is 11.3. The summed E-state index contributed by atoms with van der Waals surface area (Å²) in [5.74, 6) is -2.41. The molecule has 0 amide bonds. The van der Waals surface area contributed by atoms with Gasteiger partial charge in [-0.05, 0) is 23.8 Å². The third-order valence-electron chi connectivity index (χ3n) is 3.12. The molecule has 0 aliphatic carbocycles. The van der Waals surface area contributed by atoms with Gasteiger partial charge in [0.25, 0.3) is 0 Å². The third-order valence-corrected chi connectivity index (χ3v) is 3.12. The fourth-order valence-corrected chi connectivity index (χ4v) is 2.10. The highest BCUT2D eigenvalue weighted by Crippen LogP contribution is 2.26. The van der Waals surface area contributed by atoms with Crippen molar-refractivity contribution in [2.75, 3.05) is 0 Å². The Labute approximate surface area is 123 Å². The van der Waals surface area contributed by atoms with Crippen molar-refractivity contribution < 1.29 is 19.8 Å². The number of carboxylic acids is 2. The molecule has 2 heterocycles. The molecule has 7 heteroatoms. The lowest BCUT2D eigenvalue weighted by atomic mass is 10.0. The first kappa shape index (κ1) is 13.6. The summed E-state index contributed by atoms with van der Waals surface area (Å²) in [7, 11) is 0. The summed E-state index contributed by atoms with van der Waals surface area (Å²) in [5.41, 5.74) is 1.68. The lowest BCUT2D eigenvalue weighted by Gasteiger charge is -2.07. The summed E-state index contributed by atoms with van der Waals surface area (Å²) in [4.78, 5) is 34.4. The van der Waals surface area contributed by atoms with E-state index in [0.29, 0.717) is 16.6 Å². The van der Waals surface area contributed by atoms with Gasteiger partial charge in [-0.15, -0.1) is 0 Å². The second-order valence-corrected chi connectivity index (χ2v) is 4.49. The molecule has 0 saturated carbocycles. The van der Waals surface area contributed by atoms with Crippen molar-refractivity contribution in [2.24, 2.45) is 0 Å². The first-order chi connectivity index (χ1) is 10.6. The van der Waals surface area contributed by atoms with Crippen molar-refractivity contribution in [3.05, 3.63) is 54.1 Å². The van der Waals surface area contributed by atoms with Gasteiger partial charge in [0.2, 0.25) is 0 Å². The van der Waals surface area contributed by atoms with Crippen molar-refractivity contribution in [2.45, 2.75) is 0 Å². The average molecular weight is 295 g/mol. The third kappa shape index (κ3) is 2.35. The zero-order valence-corrected chi connectivity index (χ0v) is 11.1. The number of rotatable bonds is 3. The molecule has 0 unspecified atom stereocenters. The summed E-state index contributed by atoms with van der Waals surface area (Å²) in [6, 6.07) is 6.29. The highest BCUT2D eigenvalue weighted by molar-refractivity contribution is 5.98. The van der Waals surface area contributed by atoms with Gasteiger partial charge in [0.05, 0.1) is 16.6 Å². The number of carboxylic acid groups (broad SMARTS) is 2. The average Bonchev–Trinajstić information content (AvgIpc) is 2.53. The van der Waals surface area contributed by atoms with Crippen molar-refractivity contribution in [3.8, 4) is 11.1 Å². The quantitative estimate of drug-likeness (QED) is 0.760. The van der Waals surface area contributed by atoms with Crippen LogP contribution in [0.3, 0.4) is 0 Å². The second-order valence-electron chi connectivity index (χ2n) is 4.49. The number of pyridine rings is 1. The number of carbonyl (C=O) groups is 2. The van der Waals surface area contributed by atoms with Crippen LogP contribution in [0, 0.1) is 0 Å². The Kier molecular flexibility index (Phi) is 3.23. The minimum absolute atomic E-state index is 0.0840. The molecule has 0 radical (unpaired) electrons. The maximum Gasteiger partial charge on any atom is 0.355 e. The van der Waals surface area contributed by atoms with E-state index in [1.165, 1.54) is 12.3 Å². The number of hydrogen-bond donors (Lipinski definition) is 2. The molecule has 2 aromatic heterocycles. The van der Waals surface area contributed by atoms with Crippen LogP contribution >= 0.6 is 0 Å². The van der Waals surface area contributed by atoms with E-state index < -0.39 is 11.9 Å². The van der Waals surface area contributed by atoms with Crippen LogP contribution in [0.2, 0.25) is 0 Å². The molecule has 3 aromatic rings. The summed E-state index contributed by atoms with van der Waals surface area (Å²) in [5, 5.41) is 18.3. The van der Waals surface area contributed by atoms with Crippen LogP contribution in [0.15, 0.2) is 42.9 Å². The molecule has 1 aromatic carbocycles. The highest BCUT2D eigenvalue weighted by Gasteiger charge is 2.17. The van der Waals surface area contributed by atoms with E-state index in [1.54, 1.807) is 24.4 Å². The molecule has 2 N–H and O–H groups in total. The standard InChI is InChI=1S/C15H9N3O4/c19-14(20)9-5-10(13(15(21)22)18-7-9)8-1-2-11-12(6-8)17-4-3-16-11/h1-7H,(H,19,20)(H,21,22). The van der Waals surface area contributed by atoms with Crippen LogP contribution in [0.5, 0.6) is 0 Å². The number of hydrogen-bond acceptors (Lipinski definition) is 5. The van der Waals surface area contributed by atoms with Gasteiger partial charge in [-0.1, -0.05) is 6.07 Å². The highest BCUT2D eigenvalue weighted by atomic mass is 16.4. The summed E-state index contributed by atoms with van der Waals surface area (Å²) >= 11 is 0. The predicted octanol–water partition coefficient (Wildman–Crippen LogP) is 2.09. The maximum atomic E-state index is 11.3. The Balaban J connectivity index is 2.25. The second kappa shape index (κ2) is 5.21. The Morgan fingerprint density at radius 3 is 2.27 bits per heavy atom. The smallest absolute Gasteiger partial charge is 0.355 e. The van der Waals surface area contributed by atoms with Crippen molar-refractivity contribution in [1.29, 1.82) is 0 Å². The van der Waals surface area contributed by atoms with Crippen LogP contribution in [0.1, 0.15) is 20.8 Å². The van der Waals surface area contributed by atoms with Gasteiger partial charge in [-0.3, -0.25) is 9.97 Å². The van der Waals surface area contributed by atoms with Crippen LogP contribution in [-0.4, -0.2) is 37.1 Å². The lowest BCUT2D eigenvalue weighted by Crippen LogP contribution is -2.06. The fraction of sp³-hybridized carbons (Fsp3) is 0. The van der Waals surface area contributed by atoms with Crippen molar-refractivity contribution >= 4 is 23.0 Å². The molecule has 108 valence electrons. The normalized spacial score (nSPS) is 10.5. The molecule has 0 bridgehead atoms. The van der Waals surface area contributed by atoms with E-state index in [1.807, 2.05) is 0 Å². The SMILES string of the molecule is O=C(O)c1cnc(C(=O)O)c(-c2ccc3nccnc3c2)c1. The summed E-state index contributed by atoms with van der Waals surface area (Å²) in [6.07, 6.45) is 4.10. The molecule has 3 rings (SSSR count). The number of aromatic carboxylic acids is 2. The van der Waals surface area contributed by atoms with Crippen LogP contribution in [0.4, 0.5) is 0 Å². The minimum atomic E-state index is -1.23. The van der Waals surface area contributed by atoms with Gasteiger partial charge in [-0.2, -0.15) is 0 Å². The van der Waals surface area contributed by atoms with E-state index in [9.17, 15) is 14.7 Å². The molecular weight excluding hydrogens is 286 g/mol. The first-order valence-electron chi connectivity index (χ1n) is 6.24. The molecular formula is C15H9N3O4. The predicted molar refractivity (Wildman–Crippen MR) is 76.7 cm³/mol. The summed E-state index contributed by atoms with van der Waals surface area (Å²) < 4.78 is 0. The zero-order chi connectivity index (χ0) is 15.7. The fourth-order valence-electron chi connectivity index (χ4n) is 2.10. The van der Waals surface area contributed by atoms with E-state index in [4.69, 9.17) is 5.11 Å². The van der Waals surface area contributed by atoms with Gasteiger partial charge < -0.3 is 10.2 Å². The van der Waals surface area contributed by atoms with Crippen molar-refractivity contribution in [3.63, 3.8) is 0 Å². The molecule has 0 fully saturated rings. The van der Waals surface area contributed by atoms with Crippen LogP contribution in [-0.2, 0) is 0 Å². The van der Waals surface area contributed by atoms with E-state index >= 15 is 0 Å². The molecule has 0 saturated heterocycles. The van der Waals surface area contributed by atoms with Gasteiger partial charge in [0.15, 0.2) is 5.69 Å². The minimum Gasteiger partial charge on any atom is -0.478 e. The topological polar surface area (TPSA) is 113 Å². The van der Waals surface area contributed by atoms with E-state index in [2.05, 4.69) is 15.0 Å². The molecule has 0 spiro atoms. The van der Waals surface area contributed by atoms with Gasteiger partial charge in [-0.25, -0.2) is 14.6 Å². The Morgan fingerprint density at radius 2 is 1.59 bits per heavy atom. The van der Waals surface area contributed by atoms with Gasteiger partial charge in [0.1, 0.15) is 0 Å². The van der Waals surface area contributed by atoms with Crippen LogP contribution < -0.4 is 0 Å².